The summed E-state index contributed by atoms with van der Waals surface area (Å²) in [6.07, 6.45) is 23.9. The van der Waals surface area contributed by atoms with Crippen molar-refractivity contribution in [2.45, 2.75) is 83.5 Å². The number of rotatable bonds is 14. The van der Waals surface area contributed by atoms with Crippen molar-refractivity contribution in [1.29, 1.82) is 0 Å². The average molecular weight is 278 g/mol. The van der Waals surface area contributed by atoms with Crippen molar-refractivity contribution in [1.82, 2.24) is 0 Å². The summed E-state index contributed by atoms with van der Waals surface area (Å²) < 4.78 is 0. The van der Waals surface area contributed by atoms with Gasteiger partial charge in [-0.3, -0.25) is 4.79 Å². The van der Waals surface area contributed by atoms with E-state index in [-0.39, 0.29) is 0 Å². The maximum Gasteiger partial charge on any atom is 0.303 e. The minimum atomic E-state index is -0.670. The molecule has 0 fully saturated rings. The van der Waals surface area contributed by atoms with E-state index in [2.05, 4.69) is 18.1 Å². The molecule has 0 aromatic rings. The maximum absolute atomic E-state index is 10.3. The van der Waals surface area contributed by atoms with Crippen LogP contribution in [0.4, 0.5) is 0 Å². The molecule has 0 heterocycles. The Morgan fingerprint density at radius 2 is 1.35 bits per heavy atom. The first-order valence-electron chi connectivity index (χ1n) is 8.07. The van der Waals surface area contributed by atoms with E-state index in [0.29, 0.717) is 6.42 Å². The summed E-state index contributed by atoms with van der Waals surface area (Å²) in [5.41, 5.74) is 0. The van der Waals surface area contributed by atoms with Gasteiger partial charge in [0, 0.05) is 12.8 Å². The standard InChI is InChI=1S/C18H30O2/c1-2-3-4-5-6-7-8-9-10-11-12-13-14-15-16-17-18(19)20/h1,7-8H,3-6,9-17H2,(H,19,20)/b8-7+. The van der Waals surface area contributed by atoms with Crippen LogP contribution in [0.2, 0.25) is 0 Å². The monoisotopic (exact) mass is 278 g/mol. The Morgan fingerprint density at radius 3 is 1.90 bits per heavy atom. The van der Waals surface area contributed by atoms with Crippen LogP contribution < -0.4 is 0 Å². The van der Waals surface area contributed by atoms with Gasteiger partial charge in [-0.1, -0.05) is 44.3 Å². The second kappa shape index (κ2) is 15.8. The van der Waals surface area contributed by atoms with E-state index in [9.17, 15) is 4.79 Å². The molecule has 0 unspecified atom stereocenters. The van der Waals surface area contributed by atoms with E-state index in [1.54, 1.807) is 0 Å². The highest BCUT2D eigenvalue weighted by molar-refractivity contribution is 5.66. The summed E-state index contributed by atoms with van der Waals surface area (Å²) in [5, 5.41) is 8.50. The van der Waals surface area contributed by atoms with Crippen molar-refractivity contribution in [3.63, 3.8) is 0 Å². The van der Waals surface area contributed by atoms with Gasteiger partial charge in [0.15, 0.2) is 0 Å². The zero-order chi connectivity index (χ0) is 14.9. The first-order valence-corrected chi connectivity index (χ1v) is 8.07. The summed E-state index contributed by atoms with van der Waals surface area (Å²) >= 11 is 0. The fourth-order valence-electron chi connectivity index (χ4n) is 2.15. The summed E-state index contributed by atoms with van der Waals surface area (Å²) in [4.78, 5) is 10.3. The lowest BCUT2D eigenvalue weighted by Gasteiger charge is -2.00. The van der Waals surface area contributed by atoms with Gasteiger partial charge in [-0.15, -0.1) is 12.3 Å². The predicted molar refractivity (Wildman–Crippen MR) is 85.6 cm³/mol. The maximum atomic E-state index is 10.3. The molecule has 0 aliphatic carbocycles. The number of allylic oxidation sites excluding steroid dienone is 2. The van der Waals surface area contributed by atoms with E-state index < -0.39 is 5.97 Å². The molecular formula is C18H30O2. The molecule has 0 aliphatic rings. The highest BCUT2D eigenvalue weighted by Crippen LogP contribution is 2.10. The molecule has 0 aliphatic heterocycles. The minimum Gasteiger partial charge on any atom is -0.481 e. The lowest BCUT2D eigenvalue weighted by Crippen LogP contribution is -1.93. The number of hydrogen-bond acceptors (Lipinski definition) is 1. The number of unbranched alkanes of at least 4 members (excludes halogenated alkanes) is 10. The van der Waals surface area contributed by atoms with Crippen molar-refractivity contribution in [2.75, 3.05) is 0 Å². The molecular weight excluding hydrogens is 248 g/mol. The Labute approximate surface area is 124 Å². The van der Waals surface area contributed by atoms with Crippen LogP contribution in [0.15, 0.2) is 12.2 Å². The molecule has 0 spiro atoms. The van der Waals surface area contributed by atoms with Gasteiger partial charge in [-0.05, 0) is 38.5 Å². The lowest BCUT2D eigenvalue weighted by molar-refractivity contribution is -0.137. The van der Waals surface area contributed by atoms with Crippen LogP contribution in [0.5, 0.6) is 0 Å². The van der Waals surface area contributed by atoms with Crippen LogP contribution in [0.25, 0.3) is 0 Å². The van der Waals surface area contributed by atoms with Gasteiger partial charge in [0.05, 0.1) is 0 Å². The van der Waals surface area contributed by atoms with Gasteiger partial charge in [-0.2, -0.15) is 0 Å². The van der Waals surface area contributed by atoms with Crippen LogP contribution in [-0.2, 0) is 4.79 Å². The Hall–Kier alpha value is -1.23. The molecule has 0 aromatic heterocycles. The third-order valence-corrected chi connectivity index (χ3v) is 3.37. The number of aliphatic carboxylic acids is 1. The average Bonchev–Trinajstić information content (AvgIpc) is 2.43. The summed E-state index contributed by atoms with van der Waals surface area (Å²) in [6, 6.07) is 0. The van der Waals surface area contributed by atoms with Crippen molar-refractivity contribution in [2.24, 2.45) is 0 Å². The van der Waals surface area contributed by atoms with Crippen molar-refractivity contribution >= 4 is 5.97 Å². The van der Waals surface area contributed by atoms with Crippen molar-refractivity contribution in [3.8, 4) is 12.3 Å². The van der Waals surface area contributed by atoms with Crippen molar-refractivity contribution < 1.29 is 9.90 Å². The molecule has 0 saturated carbocycles. The van der Waals surface area contributed by atoms with E-state index >= 15 is 0 Å². The Balaban J connectivity index is 3.07. The van der Waals surface area contributed by atoms with Gasteiger partial charge in [0.1, 0.15) is 0 Å². The zero-order valence-corrected chi connectivity index (χ0v) is 12.8. The quantitative estimate of drug-likeness (QED) is 0.265. The number of carboxylic acid groups (broad SMARTS) is 1. The van der Waals surface area contributed by atoms with Crippen LogP contribution >= 0.6 is 0 Å². The molecule has 0 bridgehead atoms. The third-order valence-electron chi connectivity index (χ3n) is 3.37. The summed E-state index contributed by atoms with van der Waals surface area (Å²) in [5.74, 6) is 1.99. The highest BCUT2D eigenvalue weighted by atomic mass is 16.4. The lowest BCUT2D eigenvalue weighted by atomic mass is 10.1. The van der Waals surface area contributed by atoms with Crippen LogP contribution in [0.3, 0.4) is 0 Å². The second-order valence-electron chi connectivity index (χ2n) is 5.33. The van der Waals surface area contributed by atoms with Gasteiger partial charge < -0.3 is 5.11 Å². The van der Waals surface area contributed by atoms with Gasteiger partial charge >= 0.3 is 5.97 Å². The largest absolute Gasteiger partial charge is 0.481 e. The number of carbonyl (C=O) groups is 1. The highest BCUT2D eigenvalue weighted by Gasteiger charge is 1.96. The Kier molecular flexibility index (Phi) is 14.9. The molecule has 1 N–H and O–H groups in total. The molecule has 0 amide bonds. The molecule has 2 nitrogen and oxygen atoms in total. The molecule has 0 atom stereocenters. The smallest absolute Gasteiger partial charge is 0.303 e. The fraction of sp³-hybridized carbons (Fsp3) is 0.722. The van der Waals surface area contributed by atoms with Gasteiger partial charge in [0.2, 0.25) is 0 Å². The van der Waals surface area contributed by atoms with Crippen LogP contribution in [0.1, 0.15) is 83.5 Å². The summed E-state index contributed by atoms with van der Waals surface area (Å²) in [7, 11) is 0. The number of hydrogen-bond donors (Lipinski definition) is 1. The Morgan fingerprint density at radius 1 is 0.850 bits per heavy atom. The summed E-state index contributed by atoms with van der Waals surface area (Å²) in [6.45, 7) is 0. The number of terminal acetylenes is 1. The van der Waals surface area contributed by atoms with E-state index in [4.69, 9.17) is 11.5 Å². The molecule has 0 aromatic carbocycles. The molecule has 114 valence electrons. The minimum absolute atomic E-state index is 0.326. The second-order valence-corrected chi connectivity index (χ2v) is 5.33. The third kappa shape index (κ3) is 16.8. The fourth-order valence-corrected chi connectivity index (χ4v) is 2.15. The first-order chi connectivity index (χ1) is 9.77. The number of carboxylic acids is 1. The molecule has 0 saturated heterocycles. The molecule has 2 heteroatoms. The van der Waals surface area contributed by atoms with Crippen LogP contribution in [0, 0.1) is 12.3 Å². The Bertz CT molecular complexity index is 286. The van der Waals surface area contributed by atoms with E-state index in [1.807, 2.05) is 0 Å². The zero-order valence-electron chi connectivity index (χ0n) is 12.8. The SMILES string of the molecule is C#CCCCC/C=C/CCCCCCCCCC(=O)O. The van der Waals surface area contributed by atoms with Crippen molar-refractivity contribution in [3.05, 3.63) is 12.2 Å². The molecule has 0 radical (unpaired) electrons. The van der Waals surface area contributed by atoms with E-state index in [0.717, 1.165) is 32.1 Å². The normalized spacial score (nSPS) is 10.8. The topological polar surface area (TPSA) is 37.3 Å². The van der Waals surface area contributed by atoms with E-state index in [1.165, 1.54) is 44.9 Å². The predicted octanol–water partition coefficient (Wildman–Crippen LogP) is 5.33. The van der Waals surface area contributed by atoms with Gasteiger partial charge in [0.25, 0.3) is 0 Å². The molecule has 0 rings (SSSR count). The molecule has 20 heavy (non-hydrogen) atoms. The van der Waals surface area contributed by atoms with Gasteiger partial charge in [-0.25, -0.2) is 0 Å². The van der Waals surface area contributed by atoms with Crippen LogP contribution in [-0.4, -0.2) is 11.1 Å². The first kappa shape index (κ1) is 18.8.